The van der Waals surface area contributed by atoms with Gasteiger partial charge in [-0.25, -0.2) is 13.8 Å². The molecule has 1 fully saturated rings. The SMILES string of the molecule is CCOc1cc(-c2ccc(OC)c(CN(C(=O)C3Sc4c(F)ccc(F)c4C3Cl)C3CCC(NC)CC3)c2)ccn1. The van der Waals surface area contributed by atoms with E-state index in [1.54, 1.807) is 13.3 Å². The van der Waals surface area contributed by atoms with Crippen molar-refractivity contribution in [3.8, 4) is 22.8 Å². The number of alkyl halides is 1. The van der Waals surface area contributed by atoms with Crippen LogP contribution in [0.2, 0.25) is 0 Å². The van der Waals surface area contributed by atoms with E-state index in [-0.39, 0.29) is 29.0 Å². The lowest BCUT2D eigenvalue weighted by atomic mass is 9.89. The average Bonchev–Trinajstić information content (AvgIpc) is 3.36. The highest BCUT2D eigenvalue weighted by Gasteiger charge is 2.44. The number of ether oxygens (including phenoxy) is 2. The Morgan fingerprint density at radius 2 is 1.83 bits per heavy atom. The topological polar surface area (TPSA) is 63.7 Å². The lowest BCUT2D eigenvalue weighted by molar-refractivity contribution is -0.134. The Morgan fingerprint density at radius 1 is 1.10 bits per heavy atom. The zero-order chi connectivity index (χ0) is 29.1. The van der Waals surface area contributed by atoms with Crippen LogP contribution in [0.1, 0.15) is 49.1 Å². The van der Waals surface area contributed by atoms with E-state index in [0.717, 1.165) is 66.3 Å². The number of carbonyl (C=O) groups excluding carboxylic acids is 1. The number of hydrogen-bond donors (Lipinski definition) is 1. The van der Waals surface area contributed by atoms with Crippen molar-refractivity contribution in [2.75, 3.05) is 20.8 Å². The summed E-state index contributed by atoms with van der Waals surface area (Å²) in [5.74, 6) is -0.203. The van der Waals surface area contributed by atoms with Gasteiger partial charge in [0.1, 0.15) is 22.6 Å². The van der Waals surface area contributed by atoms with Crippen molar-refractivity contribution in [1.82, 2.24) is 15.2 Å². The van der Waals surface area contributed by atoms with Gasteiger partial charge in [0.05, 0.1) is 24.0 Å². The van der Waals surface area contributed by atoms with Crippen LogP contribution in [-0.4, -0.2) is 53.9 Å². The van der Waals surface area contributed by atoms with Crippen molar-refractivity contribution < 1.29 is 23.0 Å². The van der Waals surface area contributed by atoms with Crippen LogP contribution in [0.5, 0.6) is 11.6 Å². The molecular weight excluding hydrogens is 568 g/mol. The second-order valence-electron chi connectivity index (χ2n) is 10.3. The monoisotopic (exact) mass is 601 g/mol. The number of thioether (sulfide) groups is 1. The molecule has 1 aromatic heterocycles. The molecule has 5 rings (SSSR count). The molecule has 0 saturated heterocycles. The molecule has 1 N–H and O–H groups in total. The van der Waals surface area contributed by atoms with Crippen LogP contribution in [0.3, 0.4) is 0 Å². The molecule has 2 aromatic carbocycles. The summed E-state index contributed by atoms with van der Waals surface area (Å²) in [7, 11) is 3.56. The van der Waals surface area contributed by atoms with Crippen LogP contribution < -0.4 is 14.8 Å². The predicted octanol–water partition coefficient (Wildman–Crippen LogP) is 6.75. The maximum atomic E-state index is 14.7. The summed E-state index contributed by atoms with van der Waals surface area (Å²) in [6.07, 6.45) is 5.16. The van der Waals surface area contributed by atoms with E-state index >= 15 is 0 Å². The number of hydrogen-bond acceptors (Lipinski definition) is 6. The first-order valence-electron chi connectivity index (χ1n) is 13.9. The fourth-order valence-electron chi connectivity index (χ4n) is 5.75. The second-order valence-corrected chi connectivity index (χ2v) is 11.9. The third-order valence-corrected chi connectivity index (χ3v) is 9.93. The van der Waals surface area contributed by atoms with Gasteiger partial charge in [0.25, 0.3) is 0 Å². The van der Waals surface area contributed by atoms with Crippen LogP contribution in [0.4, 0.5) is 8.78 Å². The van der Waals surface area contributed by atoms with Gasteiger partial charge < -0.3 is 19.7 Å². The highest BCUT2D eigenvalue weighted by Crippen LogP contribution is 2.51. The van der Waals surface area contributed by atoms with Crippen molar-refractivity contribution in [3.63, 3.8) is 0 Å². The van der Waals surface area contributed by atoms with Gasteiger partial charge in [0.2, 0.25) is 11.8 Å². The van der Waals surface area contributed by atoms with E-state index < -0.39 is 22.3 Å². The van der Waals surface area contributed by atoms with Gasteiger partial charge in [0, 0.05) is 42.0 Å². The Kier molecular flexibility index (Phi) is 9.36. The second kappa shape index (κ2) is 13.0. The number of benzene rings is 2. The zero-order valence-electron chi connectivity index (χ0n) is 23.3. The average molecular weight is 602 g/mol. The first kappa shape index (κ1) is 29.6. The number of halogens is 3. The van der Waals surface area contributed by atoms with Crippen LogP contribution in [0.15, 0.2) is 53.6 Å². The van der Waals surface area contributed by atoms with Crippen LogP contribution in [0.25, 0.3) is 11.1 Å². The largest absolute Gasteiger partial charge is 0.496 e. The minimum Gasteiger partial charge on any atom is -0.496 e. The lowest BCUT2D eigenvalue weighted by Crippen LogP contribution is -2.47. The number of nitrogens with one attached hydrogen (secondary N) is 1. The molecule has 218 valence electrons. The molecule has 6 nitrogen and oxygen atoms in total. The minimum atomic E-state index is -0.976. The van der Waals surface area contributed by atoms with Crippen LogP contribution in [0, 0.1) is 11.6 Å². The third-order valence-electron chi connectivity index (χ3n) is 7.93. The highest BCUT2D eigenvalue weighted by atomic mass is 35.5. The smallest absolute Gasteiger partial charge is 0.238 e. The number of rotatable bonds is 9. The first-order valence-corrected chi connectivity index (χ1v) is 15.2. The fraction of sp³-hybridized carbons (Fsp3) is 0.419. The summed E-state index contributed by atoms with van der Waals surface area (Å²) in [5, 5.41) is 1.52. The number of fused-ring (bicyclic) bond motifs is 1. The molecular formula is C31H34ClF2N3O3S. The van der Waals surface area contributed by atoms with E-state index in [4.69, 9.17) is 21.1 Å². The van der Waals surface area contributed by atoms with E-state index in [1.165, 1.54) is 0 Å². The molecule has 41 heavy (non-hydrogen) atoms. The Hall–Kier alpha value is -2.88. The highest BCUT2D eigenvalue weighted by molar-refractivity contribution is 8.01. The molecule has 2 heterocycles. The van der Waals surface area contributed by atoms with Gasteiger partial charge >= 0.3 is 0 Å². The molecule has 2 aliphatic rings. The van der Waals surface area contributed by atoms with Crippen LogP contribution >= 0.6 is 23.4 Å². The van der Waals surface area contributed by atoms with Gasteiger partial charge in [-0.2, -0.15) is 0 Å². The quantitative estimate of drug-likeness (QED) is 0.274. The Bertz CT molecular complexity index is 1400. The molecule has 3 aromatic rings. The molecule has 1 amide bonds. The van der Waals surface area contributed by atoms with Crippen molar-refractivity contribution in [3.05, 3.63) is 71.4 Å². The van der Waals surface area contributed by atoms with Gasteiger partial charge in [-0.1, -0.05) is 6.07 Å². The standard InChI is InChI=1S/C31H34ClF2N3O3S/c1-4-40-26-16-19(13-14-36-26)18-5-12-25(39-3)20(15-18)17-37(22-8-6-21(35-2)7-9-22)31(38)30-28(32)27-23(33)10-11-24(34)29(27)41-30/h5,10-16,21-22,28,30,35H,4,6-9,17H2,1-3H3. The predicted molar refractivity (Wildman–Crippen MR) is 158 cm³/mol. The van der Waals surface area contributed by atoms with Gasteiger partial charge in [-0.3, -0.25) is 4.79 Å². The number of carbonyl (C=O) groups is 1. The molecule has 2 unspecified atom stereocenters. The van der Waals surface area contributed by atoms with Crippen molar-refractivity contribution >= 4 is 29.3 Å². The van der Waals surface area contributed by atoms with Gasteiger partial charge in [0.15, 0.2) is 0 Å². The zero-order valence-corrected chi connectivity index (χ0v) is 24.9. The Morgan fingerprint density at radius 3 is 2.51 bits per heavy atom. The van der Waals surface area contributed by atoms with Gasteiger partial charge in [-0.05, 0) is 81.1 Å². The summed E-state index contributed by atoms with van der Waals surface area (Å²) in [4.78, 5) is 20.5. The van der Waals surface area contributed by atoms with Crippen LogP contribution in [-0.2, 0) is 11.3 Å². The normalized spacial score (nSPS) is 21.8. The molecule has 0 bridgehead atoms. The molecule has 1 aliphatic carbocycles. The summed E-state index contributed by atoms with van der Waals surface area (Å²) >= 11 is 7.70. The summed E-state index contributed by atoms with van der Waals surface area (Å²) in [6.45, 7) is 2.69. The van der Waals surface area contributed by atoms with Crippen molar-refractivity contribution in [1.29, 1.82) is 0 Å². The molecule has 2 atom stereocenters. The number of aromatic nitrogens is 1. The number of amides is 1. The maximum absolute atomic E-state index is 14.7. The van der Waals surface area contributed by atoms with Crippen molar-refractivity contribution in [2.24, 2.45) is 0 Å². The molecule has 1 saturated carbocycles. The minimum absolute atomic E-state index is 0.0474. The Labute approximate surface area is 248 Å². The number of nitrogens with zero attached hydrogens (tertiary/aromatic N) is 2. The summed E-state index contributed by atoms with van der Waals surface area (Å²) in [5.41, 5.74) is 2.75. The third kappa shape index (κ3) is 6.17. The molecule has 0 radical (unpaired) electrons. The van der Waals surface area contributed by atoms with E-state index in [2.05, 4.69) is 10.3 Å². The molecule has 1 aliphatic heterocycles. The maximum Gasteiger partial charge on any atom is 0.238 e. The lowest BCUT2D eigenvalue weighted by Gasteiger charge is -2.38. The van der Waals surface area contributed by atoms with Crippen molar-refractivity contribution in [2.45, 2.75) is 66.8 Å². The Balaban J connectivity index is 1.48. The first-order chi connectivity index (χ1) is 19.8. The molecule has 0 spiro atoms. The van der Waals surface area contributed by atoms with E-state index in [0.29, 0.717) is 24.3 Å². The van der Waals surface area contributed by atoms with E-state index in [9.17, 15) is 13.6 Å². The molecule has 10 heteroatoms. The van der Waals surface area contributed by atoms with Gasteiger partial charge in [-0.15, -0.1) is 23.4 Å². The summed E-state index contributed by atoms with van der Waals surface area (Å²) < 4.78 is 40.6. The number of pyridine rings is 1. The fourth-order valence-corrected chi connectivity index (χ4v) is 7.56. The van der Waals surface area contributed by atoms with E-state index in [1.807, 2.05) is 49.2 Å². The number of methoxy groups -OCH3 is 1. The summed E-state index contributed by atoms with van der Waals surface area (Å²) in [6, 6.07) is 12.1.